The molecule has 1 aromatic rings. The van der Waals surface area contributed by atoms with Crippen LogP contribution >= 0.6 is 0 Å². The van der Waals surface area contributed by atoms with Crippen molar-refractivity contribution in [1.29, 1.82) is 0 Å². The standard InChI is InChI=1S/C20H28N2O4S/c1-15-8-10-16(11-9-15)27(24,25)22-12-4-6-18(22)20(23)21-13-14-26-19-7-3-2-5-17(19)21/h8-11,17-19H,2-7,12-14H2,1H3/t17?,18-,19?/m0/s1. The van der Waals surface area contributed by atoms with Crippen molar-refractivity contribution < 1.29 is 17.9 Å². The molecule has 2 aliphatic heterocycles. The minimum absolute atomic E-state index is 0.0385. The molecule has 0 N–H and O–H groups in total. The average molecular weight is 393 g/mol. The molecular weight excluding hydrogens is 364 g/mol. The van der Waals surface area contributed by atoms with Crippen molar-refractivity contribution in [3.8, 4) is 0 Å². The first-order valence-corrected chi connectivity index (χ1v) is 11.4. The number of rotatable bonds is 3. The van der Waals surface area contributed by atoms with Gasteiger partial charge in [-0.3, -0.25) is 4.79 Å². The van der Waals surface area contributed by atoms with E-state index >= 15 is 0 Å². The Morgan fingerprint density at radius 3 is 2.56 bits per heavy atom. The SMILES string of the molecule is Cc1ccc(S(=O)(=O)N2CCC[C@H]2C(=O)N2CCOC3CCCCC32)cc1. The van der Waals surface area contributed by atoms with Crippen LogP contribution in [0.2, 0.25) is 0 Å². The Bertz CT molecular complexity index is 791. The van der Waals surface area contributed by atoms with E-state index in [4.69, 9.17) is 4.74 Å². The number of carbonyl (C=O) groups is 1. The van der Waals surface area contributed by atoms with Crippen LogP contribution in [0.15, 0.2) is 29.2 Å². The Morgan fingerprint density at radius 2 is 1.78 bits per heavy atom. The largest absolute Gasteiger partial charge is 0.374 e. The van der Waals surface area contributed by atoms with Crippen molar-refractivity contribution in [2.75, 3.05) is 19.7 Å². The summed E-state index contributed by atoms with van der Waals surface area (Å²) in [5.41, 5.74) is 1.01. The van der Waals surface area contributed by atoms with E-state index in [0.717, 1.165) is 37.7 Å². The number of nitrogens with zero attached hydrogens (tertiary/aromatic N) is 2. The molecule has 0 bridgehead atoms. The lowest BCUT2D eigenvalue weighted by atomic mass is 9.89. The number of aryl methyl sites for hydroxylation is 1. The number of morpholine rings is 1. The number of hydrogen-bond acceptors (Lipinski definition) is 4. The number of benzene rings is 1. The van der Waals surface area contributed by atoms with E-state index in [1.54, 1.807) is 24.3 Å². The maximum atomic E-state index is 13.4. The third-order valence-corrected chi connectivity index (χ3v) is 8.05. The number of ether oxygens (including phenoxy) is 1. The molecule has 1 aromatic carbocycles. The highest BCUT2D eigenvalue weighted by atomic mass is 32.2. The third-order valence-electron chi connectivity index (χ3n) is 6.13. The first-order valence-electron chi connectivity index (χ1n) is 9.99. The van der Waals surface area contributed by atoms with E-state index in [1.165, 1.54) is 4.31 Å². The predicted molar refractivity (Wildman–Crippen MR) is 102 cm³/mol. The van der Waals surface area contributed by atoms with E-state index in [2.05, 4.69) is 0 Å². The molecule has 148 valence electrons. The van der Waals surface area contributed by atoms with Crippen LogP contribution in [-0.2, 0) is 19.6 Å². The first-order chi connectivity index (χ1) is 13.0. The molecule has 2 unspecified atom stereocenters. The quantitative estimate of drug-likeness (QED) is 0.792. The highest BCUT2D eigenvalue weighted by Gasteiger charge is 2.45. The maximum absolute atomic E-state index is 13.4. The zero-order chi connectivity index (χ0) is 19.0. The van der Waals surface area contributed by atoms with E-state index in [0.29, 0.717) is 26.1 Å². The highest BCUT2D eigenvalue weighted by Crippen LogP contribution is 2.32. The summed E-state index contributed by atoms with van der Waals surface area (Å²) in [4.78, 5) is 15.5. The molecule has 1 aliphatic carbocycles. The van der Waals surface area contributed by atoms with Crippen molar-refractivity contribution in [1.82, 2.24) is 9.21 Å². The van der Waals surface area contributed by atoms with Crippen molar-refractivity contribution in [3.05, 3.63) is 29.8 Å². The fourth-order valence-electron chi connectivity index (χ4n) is 4.68. The van der Waals surface area contributed by atoms with Crippen LogP contribution in [0.1, 0.15) is 44.1 Å². The number of hydrogen-bond donors (Lipinski definition) is 0. The van der Waals surface area contributed by atoms with Crippen LogP contribution in [-0.4, -0.2) is 61.4 Å². The minimum Gasteiger partial charge on any atom is -0.374 e. The number of carbonyl (C=O) groups excluding carboxylic acids is 1. The summed E-state index contributed by atoms with van der Waals surface area (Å²) in [5, 5.41) is 0. The van der Waals surface area contributed by atoms with Gasteiger partial charge in [-0.25, -0.2) is 8.42 Å². The number of amides is 1. The fourth-order valence-corrected chi connectivity index (χ4v) is 6.33. The Balaban J connectivity index is 1.57. The molecule has 6 nitrogen and oxygen atoms in total. The molecule has 3 atom stereocenters. The van der Waals surface area contributed by atoms with Gasteiger partial charge in [0.25, 0.3) is 0 Å². The van der Waals surface area contributed by atoms with E-state index in [-0.39, 0.29) is 22.9 Å². The summed E-state index contributed by atoms with van der Waals surface area (Å²) in [7, 11) is -3.66. The van der Waals surface area contributed by atoms with Crippen LogP contribution in [0.25, 0.3) is 0 Å². The molecular formula is C20H28N2O4S. The van der Waals surface area contributed by atoms with Gasteiger partial charge in [0.15, 0.2) is 0 Å². The zero-order valence-corrected chi connectivity index (χ0v) is 16.7. The summed E-state index contributed by atoms with van der Waals surface area (Å²) >= 11 is 0. The highest BCUT2D eigenvalue weighted by molar-refractivity contribution is 7.89. The van der Waals surface area contributed by atoms with E-state index in [1.807, 2.05) is 11.8 Å². The van der Waals surface area contributed by atoms with Crippen molar-refractivity contribution >= 4 is 15.9 Å². The normalized spacial score (nSPS) is 29.5. The molecule has 3 fully saturated rings. The van der Waals surface area contributed by atoms with Gasteiger partial charge < -0.3 is 9.64 Å². The smallest absolute Gasteiger partial charge is 0.243 e. The Hall–Kier alpha value is -1.44. The molecule has 1 saturated carbocycles. The summed E-state index contributed by atoms with van der Waals surface area (Å²) < 4.78 is 33.6. The minimum atomic E-state index is -3.66. The second kappa shape index (κ2) is 7.53. The van der Waals surface area contributed by atoms with Gasteiger partial charge in [0.2, 0.25) is 15.9 Å². The molecule has 2 heterocycles. The average Bonchev–Trinajstić information content (AvgIpc) is 3.18. The van der Waals surface area contributed by atoms with Gasteiger partial charge in [-0.1, -0.05) is 30.5 Å². The lowest BCUT2D eigenvalue weighted by molar-refractivity contribution is -0.152. The van der Waals surface area contributed by atoms with Crippen LogP contribution in [0.4, 0.5) is 0 Å². The van der Waals surface area contributed by atoms with E-state index < -0.39 is 16.1 Å². The van der Waals surface area contributed by atoms with Crippen LogP contribution < -0.4 is 0 Å². The van der Waals surface area contributed by atoms with Crippen LogP contribution in [0.5, 0.6) is 0 Å². The van der Waals surface area contributed by atoms with Gasteiger partial charge in [0, 0.05) is 13.1 Å². The topological polar surface area (TPSA) is 66.9 Å². The third kappa shape index (κ3) is 3.52. The first kappa shape index (κ1) is 18.9. The molecule has 0 radical (unpaired) electrons. The van der Waals surface area contributed by atoms with Gasteiger partial charge in [0.05, 0.1) is 23.6 Å². The van der Waals surface area contributed by atoms with E-state index in [9.17, 15) is 13.2 Å². The Labute approximate surface area is 161 Å². The zero-order valence-electron chi connectivity index (χ0n) is 15.8. The maximum Gasteiger partial charge on any atom is 0.243 e. The van der Waals surface area contributed by atoms with Gasteiger partial charge >= 0.3 is 0 Å². The van der Waals surface area contributed by atoms with Crippen LogP contribution in [0.3, 0.4) is 0 Å². The van der Waals surface area contributed by atoms with Crippen molar-refractivity contribution in [3.63, 3.8) is 0 Å². The van der Waals surface area contributed by atoms with Crippen molar-refractivity contribution in [2.24, 2.45) is 0 Å². The number of fused-ring (bicyclic) bond motifs is 1. The van der Waals surface area contributed by atoms with Gasteiger partial charge in [-0.2, -0.15) is 4.31 Å². The monoisotopic (exact) mass is 392 g/mol. The summed E-state index contributed by atoms with van der Waals surface area (Å²) in [5.74, 6) is -0.0385. The van der Waals surface area contributed by atoms with Crippen LogP contribution in [0, 0.1) is 6.92 Å². The molecule has 4 rings (SSSR count). The molecule has 3 aliphatic rings. The number of sulfonamides is 1. The fraction of sp³-hybridized carbons (Fsp3) is 0.650. The summed E-state index contributed by atoms with van der Waals surface area (Å²) in [6, 6.07) is 6.39. The molecule has 2 saturated heterocycles. The Kier molecular flexibility index (Phi) is 5.27. The molecule has 7 heteroatoms. The Morgan fingerprint density at radius 1 is 1.04 bits per heavy atom. The summed E-state index contributed by atoms with van der Waals surface area (Å²) in [6.07, 6.45) is 5.61. The molecule has 27 heavy (non-hydrogen) atoms. The molecule has 0 spiro atoms. The molecule has 1 amide bonds. The lowest BCUT2D eigenvalue weighted by Crippen LogP contribution is -2.59. The predicted octanol–water partition coefficient (Wildman–Crippen LogP) is 2.32. The van der Waals surface area contributed by atoms with Gasteiger partial charge in [0.1, 0.15) is 6.04 Å². The van der Waals surface area contributed by atoms with Gasteiger partial charge in [-0.05, 0) is 44.7 Å². The van der Waals surface area contributed by atoms with Crippen molar-refractivity contribution in [2.45, 2.75) is 68.5 Å². The second-order valence-electron chi connectivity index (χ2n) is 7.88. The second-order valence-corrected chi connectivity index (χ2v) is 9.77. The lowest BCUT2D eigenvalue weighted by Gasteiger charge is -2.45. The summed E-state index contributed by atoms with van der Waals surface area (Å²) in [6.45, 7) is 3.45. The molecule has 0 aromatic heterocycles. The van der Waals surface area contributed by atoms with Gasteiger partial charge in [-0.15, -0.1) is 0 Å².